The lowest BCUT2D eigenvalue weighted by Crippen LogP contribution is -2.00. The van der Waals surface area contributed by atoms with Crippen LogP contribution < -0.4 is 5.73 Å². The summed E-state index contributed by atoms with van der Waals surface area (Å²) < 4.78 is 30.1. The molecule has 1 aromatic carbocycles. The van der Waals surface area contributed by atoms with Crippen LogP contribution in [0.15, 0.2) is 23.1 Å². The third-order valence-corrected chi connectivity index (χ3v) is 2.92. The van der Waals surface area contributed by atoms with Crippen molar-refractivity contribution in [3.8, 4) is 0 Å². The maximum Gasteiger partial charge on any atom is 0.294 e. The molecule has 4 nitrogen and oxygen atoms in total. The minimum absolute atomic E-state index is 0.185. The Labute approximate surface area is 87.4 Å². The lowest BCUT2D eigenvalue weighted by atomic mass is 10.1. The molecule has 1 radical (unpaired) electrons. The van der Waals surface area contributed by atoms with E-state index in [1.165, 1.54) is 18.2 Å². The average molecular weight is 235 g/mol. The summed E-state index contributed by atoms with van der Waals surface area (Å²) in [5.41, 5.74) is 7.69. The molecule has 0 atom stereocenters. The fourth-order valence-electron chi connectivity index (χ4n) is 1.03. The van der Waals surface area contributed by atoms with Gasteiger partial charge in [0, 0.05) is 11.6 Å². The van der Waals surface area contributed by atoms with Gasteiger partial charge in [-0.25, -0.2) is 0 Å². The molecule has 0 aromatic heterocycles. The van der Waals surface area contributed by atoms with Gasteiger partial charge < -0.3 is 0 Å². The normalized spacial score (nSPS) is 11.6. The Balaban J connectivity index is 3.13. The van der Waals surface area contributed by atoms with Crippen LogP contribution in [0.2, 0.25) is 5.02 Å². The molecule has 0 amide bonds. The molecular weight excluding hydrogens is 226 g/mol. The van der Waals surface area contributed by atoms with Gasteiger partial charge in [-0.2, -0.15) is 8.42 Å². The first-order chi connectivity index (χ1) is 6.45. The van der Waals surface area contributed by atoms with Crippen LogP contribution >= 0.6 is 11.6 Å². The summed E-state index contributed by atoms with van der Waals surface area (Å²) in [6.07, 6.45) is 0.463. The zero-order chi connectivity index (χ0) is 10.8. The molecule has 6 heteroatoms. The maximum absolute atomic E-state index is 10.7. The molecule has 0 aliphatic carbocycles. The molecule has 0 saturated heterocycles. The summed E-state index contributed by atoms with van der Waals surface area (Å²) in [6.45, 7) is 0.185. The summed E-state index contributed by atoms with van der Waals surface area (Å²) in [5.74, 6) is 0. The van der Waals surface area contributed by atoms with E-state index in [1.807, 2.05) is 0 Å². The quantitative estimate of drug-likeness (QED) is 0.804. The molecule has 14 heavy (non-hydrogen) atoms. The van der Waals surface area contributed by atoms with Crippen LogP contribution in [-0.4, -0.2) is 19.5 Å². The van der Waals surface area contributed by atoms with Crippen LogP contribution in [0.25, 0.3) is 0 Å². The Morgan fingerprint density at radius 1 is 1.43 bits per heavy atom. The van der Waals surface area contributed by atoms with E-state index in [0.717, 1.165) is 0 Å². The minimum Gasteiger partial charge on any atom is -0.282 e. The first-order valence-electron chi connectivity index (χ1n) is 3.85. The predicted molar refractivity (Wildman–Crippen MR) is 52.9 cm³/mol. The Morgan fingerprint density at radius 2 is 2.07 bits per heavy atom. The van der Waals surface area contributed by atoms with E-state index in [0.29, 0.717) is 12.0 Å². The second-order valence-corrected chi connectivity index (χ2v) is 4.56. The first kappa shape index (κ1) is 11.5. The number of benzene rings is 1. The highest BCUT2D eigenvalue weighted by Crippen LogP contribution is 2.20. The average Bonchev–Trinajstić information content (AvgIpc) is 2.07. The SMILES string of the molecule is [NH]CCc1ccc(S(=O)(=O)O)cc1Cl. The topological polar surface area (TPSA) is 78.2 Å². The van der Waals surface area contributed by atoms with E-state index in [9.17, 15) is 8.42 Å². The molecule has 0 aliphatic heterocycles. The van der Waals surface area contributed by atoms with Crippen molar-refractivity contribution in [3.05, 3.63) is 28.8 Å². The predicted octanol–water partition coefficient (Wildman–Crippen LogP) is 1.41. The maximum atomic E-state index is 10.7. The van der Waals surface area contributed by atoms with Gasteiger partial charge in [0.05, 0.1) is 4.90 Å². The lowest BCUT2D eigenvalue weighted by molar-refractivity contribution is 0.483. The van der Waals surface area contributed by atoms with Crippen molar-refractivity contribution >= 4 is 21.7 Å². The fourth-order valence-corrected chi connectivity index (χ4v) is 1.87. The number of rotatable bonds is 3. The van der Waals surface area contributed by atoms with Crippen molar-refractivity contribution in [2.45, 2.75) is 11.3 Å². The van der Waals surface area contributed by atoms with Gasteiger partial charge in [-0.15, -0.1) is 0 Å². The van der Waals surface area contributed by atoms with E-state index in [1.54, 1.807) is 0 Å². The number of hydrogen-bond acceptors (Lipinski definition) is 2. The van der Waals surface area contributed by atoms with Crippen LogP contribution in [-0.2, 0) is 16.5 Å². The largest absolute Gasteiger partial charge is 0.294 e. The van der Waals surface area contributed by atoms with Crippen molar-refractivity contribution in [1.82, 2.24) is 5.73 Å². The molecule has 0 saturated carbocycles. The summed E-state index contributed by atoms with van der Waals surface area (Å²) >= 11 is 5.76. The van der Waals surface area contributed by atoms with Crippen molar-refractivity contribution in [2.75, 3.05) is 6.54 Å². The summed E-state index contributed by atoms with van der Waals surface area (Å²) in [7, 11) is -4.19. The van der Waals surface area contributed by atoms with Gasteiger partial charge in [-0.1, -0.05) is 17.7 Å². The Bertz CT molecular complexity index is 430. The minimum atomic E-state index is -4.19. The molecule has 1 rings (SSSR count). The number of hydrogen-bond donors (Lipinski definition) is 1. The van der Waals surface area contributed by atoms with Gasteiger partial charge in [0.2, 0.25) is 0 Å². The van der Waals surface area contributed by atoms with Gasteiger partial charge in [0.15, 0.2) is 0 Å². The molecule has 0 heterocycles. The van der Waals surface area contributed by atoms with E-state index < -0.39 is 10.1 Å². The van der Waals surface area contributed by atoms with Crippen molar-refractivity contribution in [1.29, 1.82) is 0 Å². The van der Waals surface area contributed by atoms with Crippen molar-refractivity contribution in [3.63, 3.8) is 0 Å². The molecule has 0 spiro atoms. The number of nitrogens with one attached hydrogen (secondary N) is 1. The van der Waals surface area contributed by atoms with E-state index in [-0.39, 0.29) is 16.5 Å². The molecular formula is C8H9ClNO3S. The molecule has 0 bridgehead atoms. The van der Waals surface area contributed by atoms with Crippen LogP contribution in [0.5, 0.6) is 0 Å². The monoisotopic (exact) mass is 234 g/mol. The molecule has 0 unspecified atom stereocenters. The zero-order valence-corrected chi connectivity index (χ0v) is 8.77. The molecule has 77 valence electrons. The first-order valence-corrected chi connectivity index (χ1v) is 5.67. The van der Waals surface area contributed by atoms with Gasteiger partial charge in [0.1, 0.15) is 0 Å². The summed E-state index contributed by atoms with van der Waals surface area (Å²) in [5, 5.41) is 0.257. The summed E-state index contributed by atoms with van der Waals surface area (Å²) in [4.78, 5) is -0.226. The smallest absolute Gasteiger partial charge is 0.282 e. The van der Waals surface area contributed by atoms with Gasteiger partial charge in [0.25, 0.3) is 10.1 Å². The molecule has 0 aliphatic rings. The van der Waals surface area contributed by atoms with Crippen LogP contribution in [0, 0.1) is 0 Å². The number of halogens is 1. The Morgan fingerprint density at radius 3 is 2.50 bits per heavy atom. The Hall–Kier alpha value is -0.620. The van der Waals surface area contributed by atoms with Crippen LogP contribution in [0.3, 0.4) is 0 Å². The third kappa shape index (κ3) is 2.68. The zero-order valence-electron chi connectivity index (χ0n) is 7.20. The second kappa shape index (κ2) is 4.27. The van der Waals surface area contributed by atoms with Crippen molar-refractivity contribution < 1.29 is 13.0 Å². The van der Waals surface area contributed by atoms with E-state index >= 15 is 0 Å². The third-order valence-electron chi connectivity index (χ3n) is 1.72. The highest BCUT2D eigenvalue weighted by Gasteiger charge is 2.11. The highest BCUT2D eigenvalue weighted by molar-refractivity contribution is 7.85. The second-order valence-electron chi connectivity index (χ2n) is 2.73. The van der Waals surface area contributed by atoms with Crippen LogP contribution in [0.4, 0.5) is 0 Å². The van der Waals surface area contributed by atoms with Gasteiger partial charge in [-0.3, -0.25) is 10.3 Å². The molecule has 1 aromatic rings. The Kier molecular flexibility index (Phi) is 3.49. The fraction of sp³-hybridized carbons (Fsp3) is 0.250. The van der Waals surface area contributed by atoms with Crippen LogP contribution in [0.1, 0.15) is 5.56 Å². The molecule has 0 fully saturated rings. The molecule has 2 N–H and O–H groups in total. The standard InChI is InChI=1S/C8H9ClNO3S/c9-8-5-7(14(11,12)13)2-1-6(8)3-4-10/h1-2,5,10H,3-4H2,(H,11,12,13). The highest BCUT2D eigenvalue weighted by atomic mass is 35.5. The van der Waals surface area contributed by atoms with E-state index in [4.69, 9.17) is 21.9 Å². The van der Waals surface area contributed by atoms with Crippen molar-refractivity contribution in [2.24, 2.45) is 0 Å². The summed E-state index contributed by atoms with van der Waals surface area (Å²) in [6, 6.07) is 3.95. The van der Waals surface area contributed by atoms with Gasteiger partial charge >= 0.3 is 0 Å². The van der Waals surface area contributed by atoms with Gasteiger partial charge in [-0.05, 0) is 24.1 Å². The van der Waals surface area contributed by atoms with E-state index in [2.05, 4.69) is 0 Å². The lowest BCUT2D eigenvalue weighted by Gasteiger charge is -2.03.